The molecule has 0 aliphatic carbocycles. The second kappa shape index (κ2) is 7.56. The van der Waals surface area contributed by atoms with E-state index in [0.29, 0.717) is 0 Å². The summed E-state index contributed by atoms with van der Waals surface area (Å²) in [7, 11) is 1.61. The zero-order chi connectivity index (χ0) is 10.2. The Hall–Kier alpha value is 0.170. The van der Waals surface area contributed by atoms with Crippen LogP contribution < -0.4 is 5.32 Å². The lowest BCUT2D eigenvalue weighted by molar-refractivity contribution is 0.471. The summed E-state index contributed by atoms with van der Waals surface area (Å²) in [5, 5.41) is 2.88. The van der Waals surface area contributed by atoms with Gasteiger partial charge in [-0.05, 0) is 30.7 Å². The van der Waals surface area contributed by atoms with E-state index in [9.17, 15) is 0 Å². The van der Waals surface area contributed by atoms with Crippen LogP contribution in [0, 0.1) is 0 Å². The van der Waals surface area contributed by atoms with Gasteiger partial charge in [-0.1, -0.05) is 24.4 Å². The van der Waals surface area contributed by atoms with E-state index in [4.69, 9.17) is 16.3 Å². The van der Waals surface area contributed by atoms with E-state index in [-0.39, 0.29) is 0 Å². The fraction of sp³-hybridized carbons (Fsp3) is 0.571. The molecule has 1 unspecified atom stereocenters. The lowest BCUT2D eigenvalue weighted by Gasteiger charge is -2.11. The van der Waals surface area contributed by atoms with Crippen molar-refractivity contribution in [2.45, 2.75) is 13.8 Å². The van der Waals surface area contributed by atoms with Gasteiger partial charge < -0.3 is 9.84 Å². The number of nitrogens with one attached hydrogen (secondary N) is 1. The maximum Gasteiger partial charge on any atom is 0.232 e. The van der Waals surface area contributed by atoms with Crippen molar-refractivity contribution >= 4 is 35.1 Å². The van der Waals surface area contributed by atoms with Gasteiger partial charge in [0.05, 0.1) is 6.34 Å². The van der Waals surface area contributed by atoms with Crippen molar-refractivity contribution < 1.29 is 4.52 Å². The van der Waals surface area contributed by atoms with Gasteiger partial charge in [-0.2, -0.15) is 0 Å². The zero-order valence-corrected chi connectivity index (χ0v) is 10.6. The van der Waals surface area contributed by atoms with Gasteiger partial charge in [-0.3, -0.25) is 0 Å². The summed E-state index contributed by atoms with van der Waals surface area (Å²) < 4.78 is 9.37. The number of rotatable bonds is 6. The third-order valence-electron chi connectivity index (χ3n) is 1.06. The number of hydrogen-bond acceptors (Lipinski definition) is 3. The smallest absolute Gasteiger partial charge is 0.232 e. The number of hydrogen-bond donors (Lipinski definition) is 1. The molecule has 0 spiro atoms. The van der Waals surface area contributed by atoms with E-state index in [0.717, 1.165) is 5.75 Å². The quantitative estimate of drug-likeness (QED) is 0.438. The molecule has 6 heteroatoms. The van der Waals surface area contributed by atoms with Crippen molar-refractivity contribution in [3.63, 3.8) is 0 Å². The number of nitrogens with zero attached hydrogens (tertiary/aromatic N) is 1. The van der Waals surface area contributed by atoms with E-state index < -0.39 is 5.62 Å². The van der Waals surface area contributed by atoms with Crippen molar-refractivity contribution in [2.75, 3.05) is 12.9 Å². The molecule has 0 aromatic rings. The average molecular weight is 238 g/mol. The van der Waals surface area contributed by atoms with Crippen LogP contribution in [-0.4, -0.2) is 19.2 Å². The molecule has 0 aromatic carbocycles. The first-order valence-electron chi connectivity index (χ1n) is 3.90. The summed E-state index contributed by atoms with van der Waals surface area (Å²) >= 11 is 6.82. The van der Waals surface area contributed by atoms with Crippen LogP contribution in [0.3, 0.4) is 0 Å². The molecule has 1 N–H and O–H groups in total. The van der Waals surface area contributed by atoms with Crippen molar-refractivity contribution in [3.05, 3.63) is 12.3 Å². The molecular formula is C7H15N2OPS2. The molecule has 0 aromatic heterocycles. The summed E-state index contributed by atoms with van der Waals surface area (Å²) in [6.45, 7) is 3.97. The molecule has 0 rings (SSSR count). The Labute approximate surface area is 88.9 Å². The van der Waals surface area contributed by atoms with Crippen LogP contribution >= 0.6 is 17.0 Å². The Morgan fingerprint density at radius 3 is 2.85 bits per heavy atom. The molecule has 0 bridgehead atoms. The molecule has 76 valence electrons. The molecule has 1 atom stereocenters. The molecule has 0 saturated heterocycles. The third kappa shape index (κ3) is 6.27. The summed E-state index contributed by atoms with van der Waals surface area (Å²) in [4.78, 5) is 0. The van der Waals surface area contributed by atoms with Gasteiger partial charge in [0.25, 0.3) is 0 Å². The Morgan fingerprint density at radius 1 is 1.69 bits per heavy atom. The second-order valence-electron chi connectivity index (χ2n) is 1.98. The Bertz CT molecular complexity index is 231. The standard InChI is InChI=1S/C7H15N2OPS2/c1-4-6-8-7-9-11(12,10-3)13-5-2/h4,6-7H,5H2,1-3H3,(H,8,9,12)/b6-4-. The fourth-order valence-corrected chi connectivity index (χ4v) is 4.07. The van der Waals surface area contributed by atoms with Crippen LogP contribution in [0.4, 0.5) is 0 Å². The third-order valence-corrected chi connectivity index (χ3v) is 6.67. The van der Waals surface area contributed by atoms with Gasteiger partial charge in [0.1, 0.15) is 0 Å². The van der Waals surface area contributed by atoms with Gasteiger partial charge in [-0.15, -0.1) is 0 Å². The zero-order valence-electron chi connectivity index (χ0n) is 8.06. The first-order chi connectivity index (χ1) is 6.18. The normalized spacial score (nSPS) is 16.5. The van der Waals surface area contributed by atoms with Crippen LogP contribution in [0.1, 0.15) is 13.8 Å². The minimum atomic E-state index is -2.02. The Morgan fingerprint density at radius 2 is 2.38 bits per heavy atom. The molecule has 0 amide bonds. The van der Waals surface area contributed by atoms with Crippen molar-refractivity contribution in [3.8, 4) is 0 Å². The molecule has 0 heterocycles. The van der Waals surface area contributed by atoms with Crippen LogP contribution in [0.5, 0.6) is 0 Å². The summed E-state index contributed by atoms with van der Waals surface area (Å²) in [5.41, 5.74) is -2.02. The SMILES string of the molecule is C/C=C\NC=NP(=S)(OC)SCC. The molecule has 0 aliphatic rings. The van der Waals surface area contributed by atoms with Gasteiger partial charge in [-0.25, -0.2) is 4.76 Å². The van der Waals surface area contributed by atoms with Crippen molar-refractivity contribution in [1.82, 2.24) is 5.32 Å². The monoisotopic (exact) mass is 238 g/mol. The van der Waals surface area contributed by atoms with E-state index in [1.165, 1.54) is 0 Å². The van der Waals surface area contributed by atoms with Crippen LogP contribution in [0.15, 0.2) is 17.0 Å². The maximum atomic E-state index is 5.24. The second-order valence-corrected chi connectivity index (χ2v) is 8.79. The lowest BCUT2D eigenvalue weighted by Crippen LogP contribution is -1.99. The highest BCUT2D eigenvalue weighted by Crippen LogP contribution is 2.60. The predicted octanol–water partition coefficient (Wildman–Crippen LogP) is 2.76. The Balaban J connectivity index is 4.10. The van der Waals surface area contributed by atoms with Crippen molar-refractivity contribution in [1.29, 1.82) is 0 Å². The molecule has 13 heavy (non-hydrogen) atoms. The maximum absolute atomic E-state index is 5.24. The summed E-state index contributed by atoms with van der Waals surface area (Å²) in [6, 6.07) is 0. The van der Waals surface area contributed by atoms with Gasteiger partial charge >= 0.3 is 0 Å². The largest absolute Gasteiger partial charge is 0.353 e. The van der Waals surface area contributed by atoms with Crippen LogP contribution in [0.2, 0.25) is 0 Å². The minimum Gasteiger partial charge on any atom is -0.353 e. The van der Waals surface area contributed by atoms with E-state index in [1.807, 2.05) is 19.9 Å². The highest BCUT2D eigenvalue weighted by Gasteiger charge is 2.12. The molecular weight excluding hydrogens is 223 g/mol. The average Bonchev–Trinajstić information content (AvgIpc) is 2.13. The van der Waals surface area contributed by atoms with Crippen LogP contribution in [-0.2, 0) is 16.3 Å². The highest BCUT2D eigenvalue weighted by atomic mass is 32.9. The number of allylic oxidation sites excluding steroid dienone is 1. The van der Waals surface area contributed by atoms with Crippen molar-refractivity contribution in [2.24, 2.45) is 4.76 Å². The molecule has 0 aliphatic heterocycles. The minimum absolute atomic E-state index is 0.923. The molecule has 0 fully saturated rings. The van der Waals surface area contributed by atoms with Gasteiger partial charge in [0.15, 0.2) is 0 Å². The Kier molecular flexibility index (Phi) is 7.66. The predicted molar refractivity (Wildman–Crippen MR) is 65.9 cm³/mol. The summed E-state index contributed by atoms with van der Waals surface area (Å²) in [5.74, 6) is 0.923. The van der Waals surface area contributed by atoms with E-state index in [1.54, 1.807) is 31.0 Å². The lowest BCUT2D eigenvalue weighted by atomic mass is 10.7. The fourth-order valence-electron chi connectivity index (χ4n) is 0.540. The topological polar surface area (TPSA) is 33.6 Å². The molecule has 0 saturated carbocycles. The first-order valence-corrected chi connectivity index (χ1v) is 8.16. The van der Waals surface area contributed by atoms with E-state index >= 15 is 0 Å². The van der Waals surface area contributed by atoms with E-state index in [2.05, 4.69) is 10.1 Å². The van der Waals surface area contributed by atoms with Gasteiger partial charge in [0.2, 0.25) is 5.62 Å². The molecule has 0 radical (unpaired) electrons. The summed E-state index contributed by atoms with van der Waals surface area (Å²) in [6.07, 6.45) is 5.26. The molecule has 3 nitrogen and oxygen atoms in total. The first kappa shape index (κ1) is 13.2. The van der Waals surface area contributed by atoms with Crippen LogP contribution in [0.25, 0.3) is 0 Å². The van der Waals surface area contributed by atoms with Gasteiger partial charge in [0, 0.05) is 7.11 Å². The highest BCUT2D eigenvalue weighted by molar-refractivity contribution is 8.69.